The fourth-order valence-corrected chi connectivity index (χ4v) is 0.466. The van der Waals surface area contributed by atoms with E-state index in [-0.39, 0.29) is 0 Å². The van der Waals surface area contributed by atoms with Crippen LogP contribution in [-0.4, -0.2) is 13.0 Å². The van der Waals surface area contributed by atoms with Gasteiger partial charge in [0.05, 0.1) is 0 Å². The third-order valence-electron chi connectivity index (χ3n) is 0.637. The summed E-state index contributed by atoms with van der Waals surface area (Å²) < 4.78 is 0. The molecular weight excluding hydrogens is 170 g/mol. The summed E-state index contributed by atoms with van der Waals surface area (Å²) in [6.07, 6.45) is 0. The molecule has 7 heavy (non-hydrogen) atoms. The number of rotatable bonds is 1. The molecule has 0 bridgehead atoms. The van der Waals surface area contributed by atoms with Gasteiger partial charge in [0.1, 0.15) is 0 Å². The van der Waals surface area contributed by atoms with Gasteiger partial charge in [-0.25, -0.2) is 5.26 Å². The quantitative estimate of drug-likeness (QED) is 0.442. The fourth-order valence-electron chi connectivity index (χ4n) is 0.0299. The first kappa shape index (κ1) is 7.19. The van der Waals surface area contributed by atoms with Crippen molar-refractivity contribution in [3.8, 4) is 5.69 Å². The SMILES string of the molecule is C[Si](C)(C#N)CBr. The highest BCUT2D eigenvalue weighted by molar-refractivity contribution is 9.09. The van der Waals surface area contributed by atoms with Gasteiger partial charge in [0.25, 0.3) is 0 Å². The van der Waals surface area contributed by atoms with Crippen LogP contribution in [0.5, 0.6) is 0 Å². The molecule has 0 fully saturated rings. The molecule has 0 atom stereocenters. The lowest BCUT2D eigenvalue weighted by Crippen LogP contribution is -2.25. The van der Waals surface area contributed by atoms with Crippen LogP contribution in [0.4, 0.5) is 0 Å². The molecule has 0 unspecified atom stereocenters. The van der Waals surface area contributed by atoms with E-state index in [1.54, 1.807) is 0 Å². The van der Waals surface area contributed by atoms with E-state index >= 15 is 0 Å². The zero-order chi connectivity index (χ0) is 5.91. The molecule has 0 saturated heterocycles. The molecule has 0 heterocycles. The van der Waals surface area contributed by atoms with Crippen molar-refractivity contribution in [3.05, 3.63) is 0 Å². The van der Waals surface area contributed by atoms with Crippen LogP contribution in [0.15, 0.2) is 0 Å². The lowest BCUT2D eigenvalue weighted by molar-refractivity contribution is 1.53. The summed E-state index contributed by atoms with van der Waals surface area (Å²) in [5.74, 6) is 0. The number of hydrogen-bond acceptors (Lipinski definition) is 1. The van der Waals surface area contributed by atoms with Crippen LogP contribution >= 0.6 is 15.9 Å². The molecule has 0 aliphatic carbocycles. The second-order valence-electron chi connectivity index (χ2n) is 2.13. The molecule has 1 nitrogen and oxygen atoms in total. The Morgan fingerprint density at radius 3 is 2.14 bits per heavy atom. The predicted octanol–water partition coefficient (Wildman–Crippen LogP) is 1.69. The minimum absolute atomic E-state index is 0.885. The number of halogens is 1. The van der Waals surface area contributed by atoms with Crippen LogP contribution in [0.25, 0.3) is 0 Å². The van der Waals surface area contributed by atoms with Gasteiger partial charge in [0.2, 0.25) is 0 Å². The minimum Gasteiger partial charge on any atom is -0.207 e. The maximum Gasteiger partial charge on any atom is 0.178 e. The van der Waals surface area contributed by atoms with Crippen molar-refractivity contribution in [2.24, 2.45) is 0 Å². The largest absolute Gasteiger partial charge is 0.207 e. The first-order valence-corrected chi connectivity index (χ1v) is 6.42. The van der Waals surface area contributed by atoms with Gasteiger partial charge in [0.15, 0.2) is 8.07 Å². The molecule has 0 aromatic heterocycles. The lowest BCUT2D eigenvalue weighted by atomic mass is 11.7. The van der Waals surface area contributed by atoms with Crippen LogP contribution in [0.1, 0.15) is 0 Å². The topological polar surface area (TPSA) is 23.8 Å². The third kappa shape index (κ3) is 2.83. The van der Waals surface area contributed by atoms with Crippen LogP contribution in [-0.2, 0) is 0 Å². The summed E-state index contributed by atoms with van der Waals surface area (Å²) in [6.45, 7) is 4.06. The molecular formula is C4H8BrNSi. The van der Waals surface area contributed by atoms with Crippen molar-refractivity contribution in [2.75, 3.05) is 4.95 Å². The summed E-state index contributed by atoms with van der Waals surface area (Å²) in [6, 6.07) is 0. The molecule has 0 saturated carbocycles. The van der Waals surface area contributed by atoms with Crippen LogP contribution in [0.2, 0.25) is 13.1 Å². The molecule has 0 aliphatic rings. The van der Waals surface area contributed by atoms with E-state index < -0.39 is 8.07 Å². The number of nitriles is 1. The Balaban J connectivity index is 3.66. The minimum atomic E-state index is -1.43. The van der Waals surface area contributed by atoms with E-state index in [9.17, 15) is 0 Å². The molecule has 0 radical (unpaired) electrons. The molecule has 0 spiro atoms. The lowest BCUT2D eigenvalue weighted by Gasteiger charge is -2.03. The predicted molar refractivity (Wildman–Crippen MR) is 36.9 cm³/mol. The van der Waals surface area contributed by atoms with Gasteiger partial charge < -0.3 is 0 Å². The molecule has 0 N–H and O–H groups in total. The van der Waals surface area contributed by atoms with Crippen molar-refractivity contribution in [2.45, 2.75) is 13.1 Å². The summed E-state index contributed by atoms with van der Waals surface area (Å²) in [7, 11) is -1.43. The number of hydrogen-bond donors (Lipinski definition) is 0. The molecule has 0 aliphatic heterocycles. The maximum atomic E-state index is 8.38. The smallest absolute Gasteiger partial charge is 0.178 e. The molecule has 0 aromatic carbocycles. The molecule has 3 heteroatoms. The average Bonchev–Trinajstić information content (AvgIpc) is 1.68. The van der Waals surface area contributed by atoms with Gasteiger partial charge in [0, 0.05) is 10.6 Å². The Morgan fingerprint density at radius 1 is 1.71 bits per heavy atom. The van der Waals surface area contributed by atoms with Gasteiger partial charge in [-0.1, -0.05) is 29.0 Å². The van der Waals surface area contributed by atoms with Crippen molar-refractivity contribution < 1.29 is 0 Å². The van der Waals surface area contributed by atoms with E-state index in [0.29, 0.717) is 0 Å². The van der Waals surface area contributed by atoms with Crippen LogP contribution in [0.3, 0.4) is 0 Å². The Bertz CT molecular complexity index is 94.4. The highest BCUT2D eigenvalue weighted by Gasteiger charge is 2.17. The first-order chi connectivity index (χ1) is 3.12. The third-order valence-corrected chi connectivity index (χ3v) is 6.12. The summed E-state index contributed by atoms with van der Waals surface area (Å²) in [5, 5.41) is 8.38. The molecule has 0 amide bonds. The van der Waals surface area contributed by atoms with Crippen LogP contribution < -0.4 is 0 Å². The van der Waals surface area contributed by atoms with Crippen LogP contribution in [0, 0.1) is 11.0 Å². The van der Waals surface area contributed by atoms with Crippen molar-refractivity contribution in [1.29, 1.82) is 5.26 Å². The fraction of sp³-hybridized carbons (Fsp3) is 0.750. The highest BCUT2D eigenvalue weighted by Crippen LogP contribution is 2.01. The van der Waals surface area contributed by atoms with E-state index in [0.717, 1.165) is 4.95 Å². The Hall–Kier alpha value is 0.187. The monoisotopic (exact) mass is 177 g/mol. The zero-order valence-corrected chi connectivity index (χ0v) is 7.12. The molecule has 40 valence electrons. The molecule has 0 aromatic rings. The van der Waals surface area contributed by atoms with E-state index in [1.165, 1.54) is 0 Å². The van der Waals surface area contributed by atoms with E-state index in [2.05, 4.69) is 21.6 Å². The second-order valence-corrected chi connectivity index (χ2v) is 8.07. The Morgan fingerprint density at radius 2 is 2.14 bits per heavy atom. The molecule has 0 rings (SSSR count). The van der Waals surface area contributed by atoms with Gasteiger partial charge in [-0.2, -0.15) is 0 Å². The summed E-state index contributed by atoms with van der Waals surface area (Å²) in [4.78, 5) is 0.885. The maximum absolute atomic E-state index is 8.38. The summed E-state index contributed by atoms with van der Waals surface area (Å²) >= 11 is 3.27. The standard InChI is InChI=1S/C4H8BrNSi/c1-7(2,3-5)4-6/h3H2,1-2H3. The number of alkyl halides is 1. The van der Waals surface area contributed by atoms with Crippen molar-refractivity contribution in [1.82, 2.24) is 0 Å². The zero-order valence-electron chi connectivity index (χ0n) is 4.53. The van der Waals surface area contributed by atoms with E-state index in [4.69, 9.17) is 5.26 Å². The summed E-state index contributed by atoms with van der Waals surface area (Å²) in [5.41, 5.74) is 2.28. The van der Waals surface area contributed by atoms with Crippen molar-refractivity contribution in [3.63, 3.8) is 0 Å². The second kappa shape index (κ2) is 2.48. The van der Waals surface area contributed by atoms with E-state index in [1.807, 2.05) is 13.1 Å². The van der Waals surface area contributed by atoms with Crippen molar-refractivity contribution >= 4 is 24.0 Å². The normalized spacial score (nSPS) is 10.6. The Labute approximate surface area is 53.5 Å². The average molecular weight is 178 g/mol. The van der Waals surface area contributed by atoms with Gasteiger partial charge in [-0.15, -0.1) is 0 Å². The van der Waals surface area contributed by atoms with Gasteiger partial charge >= 0.3 is 0 Å². The first-order valence-electron chi connectivity index (χ1n) is 2.09. The van der Waals surface area contributed by atoms with Gasteiger partial charge in [-0.3, -0.25) is 0 Å². The highest BCUT2D eigenvalue weighted by atomic mass is 79.9. The van der Waals surface area contributed by atoms with Gasteiger partial charge in [-0.05, 0) is 0 Å². The Kier molecular flexibility index (Phi) is 2.55. The number of nitrogens with zero attached hydrogens (tertiary/aromatic N) is 1.